The van der Waals surface area contributed by atoms with Crippen molar-refractivity contribution in [2.75, 3.05) is 38.1 Å². The van der Waals surface area contributed by atoms with E-state index in [9.17, 15) is 24.4 Å². The number of hydrogen-bond donors (Lipinski definition) is 2. The number of nitrogens with one attached hydrogen (secondary N) is 1. The van der Waals surface area contributed by atoms with Crippen LogP contribution in [0.2, 0.25) is 0 Å². The van der Waals surface area contributed by atoms with E-state index in [0.717, 1.165) is 0 Å². The average Bonchev–Trinajstić information content (AvgIpc) is 2.99. The highest BCUT2D eigenvalue weighted by molar-refractivity contribution is 5.94. The molecule has 2 N–H and O–H groups in total. The number of fused-ring (bicyclic) bond motifs is 1. The molecule has 12 nitrogen and oxygen atoms in total. The Morgan fingerprint density at radius 3 is 2.68 bits per heavy atom. The standard InChI is InChI=1S/C31H34FN7O5/c1-31(2,3)28-18-37(12-13-38(28)30(40)41)11-6-14-44-27-17-25-22(16-26(27)39(42)43)29(35-19-34-25)36-20-9-10-33-24(15-20)21-7-4-5-8-23(21)32/h4-5,7-10,15-17,19,28H,6,11-14,18H2,1-3H3,(H,40,41)(H,33,34,35,36). The molecule has 0 saturated carbocycles. The molecule has 3 heterocycles. The van der Waals surface area contributed by atoms with E-state index < -0.39 is 16.8 Å². The minimum absolute atomic E-state index is 0.0983. The van der Waals surface area contributed by atoms with E-state index in [-0.39, 0.29) is 29.5 Å². The van der Waals surface area contributed by atoms with Crippen LogP contribution in [0.1, 0.15) is 27.2 Å². The molecule has 230 valence electrons. The highest BCUT2D eigenvalue weighted by atomic mass is 19.1. The number of nitro benzene ring substituents is 1. The third kappa shape index (κ3) is 6.83. The first-order valence-corrected chi connectivity index (χ1v) is 14.3. The summed E-state index contributed by atoms with van der Waals surface area (Å²) in [6.45, 7) is 8.64. The van der Waals surface area contributed by atoms with Gasteiger partial charge in [0.2, 0.25) is 0 Å². The second kappa shape index (κ2) is 12.8. The van der Waals surface area contributed by atoms with E-state index in [1.54, 1.807) is 30.3 Å². The molecule has 44 heavy (non-hydrogen) atoms. The molecule has 4 aromatic rings. The Kier molecular flexibility index (Phi) is 8.86. The highest BCUT2D eigenvalue weighted by Crippen LogP contribution is 2.35. The summed E-state index contributed by atoms with van der Waals surface area (Å²) in [4.78, 5) is 39.8. The maximum atomic E-state index is 14.3. The lowest BCUT2D eigenvalue weighted by molar-refractivity contribution is -0.385. The van der Waals surface area contributed by atoms with Gasteiger partial charge in [-0.25, -0.2) is 19.2 Å². The van der Waals surface area contributed by atoms with Gasteiger partial charge in [0.05, 0.1) is 34.2 Å². The Balaban J connectivity index is 1.29. The number of pyridine rings is 1. The summed E-state index contributed by atoms with van der Waals surface area (Å²) in [5.41, 5.74) is 1.35. The lowest BCUT2D eigenvalue weighted by atomic mass is 9.84. The van der Waals surface area contributed by atoms with Crippen molar-refractivity contribution < 1.29 is 24.0 Å². The summed E-state index contributed by atoms with van der Waals surface area (Å²) in [5, 5.41) is 25.2. The van der Waals surface area contributed by atoms with Crippen LogP contribution in [-0.2, 0) is 0 Å². The number of rotatable bonds is 9. The van der Waals surface area contributed by atoms with Crippen molar-refractivity contribution in [3.8, 4) is 17.0 Å². The van der Waals surface area contributed by atoms with Gasteiger partial charge in [-0.05, 0) is 36.1 Å². The number of piperazine rings is 1. The van der Waals surface area contributed by atoms with Crippen molar-refractivity contribution in [2.24, 2.45) is 5.41 Å². The number of ether oxygens (including phenoxy) is 1. The Morgan fingerprint density at radius 2 is 1.95 bits per heavy atom. The second-order valence-corrected chi connectivity index (χ2v) is 11.7. The summed E-state index contributed by atoms with van der Waals surface area (Å²) in [6.07, 6.45) is 2.58. The number of carboxylic acid groups (broad SMARTS) is 1. The Morgan fingerprint density at radius 1 is 1.16 bits per heavy atom. The maximum Gasteiger partial charge on any atom is 0.407 e. The van der Waals surface area contributed by atoms with Gasteiger partial charge < -0.3 is 20.1 Å². The smallest absolute Gasteiger partial charge is 0.407 e. The first-order valence-electron chi connectivity index (χ1n) is 14.3. The number of carbonyl (C=O) groups is 1. The van der Waals surface area contributed by atoms with Crippen LogP contribution in [0.15, 0.2) is 61.1 Å². The van der Waals surface area contributed by atoms with Crippen LogP contribution >= 0.6 is 0 Å². The molecular weight excluding hydrogens is 569 g/mol. The number of anilines is 2. The van der Waals surface area contributed by atoms with Gasteiger partial charge in [-0.3, -0.25) is 20.0 Å². The molecule has 1 atom stereocenters. The van der Waals surface area contributed by atoms with Crippen LogP contribution in [0.3, 0.4) is 0 Å². The number of benzene rings is 2. The fraction of sp³-hybridized carbons (Fsp3) is 0.355. The van der Waals surface area contributed by atoms with Crippen molar-refractivity contribution in [3.05, 3.63) is 77.0 Å². The molecule has 1 aliphatic rings. The number of nitro groups is 1. The normalized spacial score (nSPS) is 15.7. The zero-order valence-electron chi connectivity index (χ0n) is 24.7. The van der Waals surface area contributed by atoms with Gasteiger partial charge in [0.1, 0.15) is 18.0 Å². The van der Waals surface area contributed by atoms with Gasteiger partial charge in [0.15, 0.2) is 5.75 Å². The quantitative estimate of drug-likeness (QED) is 0.133. The van der Waals surface area contributed by atoms with Crippen molar-refractivity contribution in [1.29, 1.82) is 0 Å². The molecule has 0 aliphatic carbocycles. The summed E-state index contributed by atoms with van der Waals surface area (Å²) in [7, 11) is 0. The fourth-order valence-electron chi connectivity index (χ4n) is 5.37. The Labute approximate surface area is 253 Å². The van der Waals surface area contributed by atoms with Crippen LogP contribution in [0.25, 0.3) is 22.2 Å². The monoisotopic (exact) mass is 603 g/mol. The van der Waals surface area contributed by atoms with Crippen LogP contribution in [0, 0.1) is 21.3 Å². The zero-order valence-corrected chi connectivity index (χ0v) is 24.7. The molecule has 1 amide bonds. The molecule has 0 spiro atoms. The van der Waals surface area contributed by atoms with Crippen LogP contribution in [-0.4, -0.2) is 79.7 Å². The molecule has 2 aromatic heterocycles. The SMILES string of the molecule is CC(C)(C)C1CN(CCCOc2cc3ncnc(Nc4ccnc(-c5ccccc5F)c4)c3cc2[N+](=O)[O-])CCN1C(=O)O. The number of halogens is 1. The maximum absolute atomic E-state index is 14.3. The predicted octanol–water partition coefficient (Wildman–Crippen LogP) is 5.96. The van der Waals surface area contributed by atoms with E-state index in [1.165, 1.54) is 35.6 Å². The van der Waals surface area contributed by atoms with Gasteiger partial charge in [-0.15, -0.1) is 0 Å². The Bertz CT molecular complexity index is 1680. The zero-order chi connectivity index (χ0) is 31.4. The average molecular weight is 604 g/mol. The minimum atomic E-state index is -0.910. The van der Waals surface area contributed by atoms with Crippen LogP contribution < -0.4 is 10.1 Å². The topological polar surface area (TPSA) is 147 Å². The van der Waals surface area contributed by atoms with E-state index in [0.29, 0.717) is 66.3 Å². The van der Waals surface area contributed by atoms with Crippen molar-refractivity contribution in [2.45, 2.75) is 33.2 Å². The molecule has 1 aliphatic heterocycles. The predicted molar refractivity (Wildman–Crippen MR) is 164 cm³/mol. The van der Waals surface area contributed by atoms with Crippen molar-refractivity contribution in [3.63, 3.8) is 0 Å². The highest BCUT2D eigenvalue weighted by Gasteiger charge is 2.37. The first kappa shape index (κ1) is 30.5. The molecule has 5 rings (SSSR count). The van der Waals surface area contributed by atoms with Gasteiger partial charge in [-0.1, -0.05) is 32.9 Å². The summed E-state index contributed by atoms with van der Waals surface area (Å²) in [5.74, 6) is 0.0352. The molecule has 1 unspecified atom stereocenters. The van der Waals surface area contributed by atoms with E-state index in [2.05, 4.69) is 25.2 Å². The van der Waals surface area contributed by atoms with E-state index >= 15 is 0 Å². The summed E-state index contributed by atoms with van der Waals surface area (Å²) < 4.78 is 20.2. The number of aromatic nitrogens is 3. The van der Waals surface area contributed by atoms with Crippen LogP contribution in [0.4, 0.5) is 26.4 Å². The van der Waals surface area contributed by atoms with Gasteiger partial charge >= 0.3 is 11.8 Å². The van der Waals surface area contributed by atoms with E-state index in [1.807, 2.05) is 20.8 Å². The first-order chi connectivity index (χ1) is 21.0. The largest absolute Gasteiger partial charge is 0.487 e. The number of nitrogens with zero attached hydrogens (tertiary/aromatic N) is 6. The summed E-state index contributed by atoms with van der Waals surface area (Å²) >= 11 is 0. The fourth-order valence-corrected chi connectivity index (χ4v) is 5.37. The molecular formula is C31H34FN7O5. The van der Waals surface area contributed by atoms with Crippen molar-refractivity contribution >= 4 is 34.2 Å². The molecule has 1 saturated heterocycles. The van der Waals surface area contributed by atoms with Gasteiger partial charge in [-0.2, -0.15) is 0 Å². The summed E-state index contributed by atoms with van der Waals surface area (Å²) in [6, 6.07) is 12.4. The molecule has 0 bridgehead atoms. The number of hydrogen-bond acceptors (Lipinski definition) is 9. The number of amides is 1. The van der Waals surface area contributed by atoms with Gasteiger partial charge in [0.25, 0.3) is 0 Å². The molecule has 0 radical (unpaired) electrons. The molecule has 2 aromatic carbocycles. The molecule has 1 fully saturated rings. The lowest BCUT2D eigenvalue weighted by Gasteiger charge is -2.46. The Hall–Kier alpha value is -4.91. The van der Waals surface area contributed by atoms with Crippen LogP contribution in [0.5, 0.6) is 5.75 Å². The molecule has 13 heteroatoms. The van der Waals surface area contributed by atoms with Gasteiger partial charge in [0, 0.05) is 55.8 Å². The minimum Gasteiger partial charge on any atom is -0.487 e. The third-order valence-corrected chi connectivity index (χ3v) is 7.67. The van der Waals surface area contributed by atoms with Crippen molar-refractivity contribution in [1.82, 2.24) is 24.8 Å². The lowest BCUT2D eigenvalue weighted by Crippen LogP contribution is -2.59. The second-order valence-electron chi connectivity index (χ2n) is 11.7. The third-order valence-electron chi connectivity index (χ3n) is 7.67. The van der Waals surface area contributed by atoms with E-state index in [4.69, 9.17) is 4.74 Å².